The topological polar surface area (TPSA) is 55.7 Å². The highest BCUT2D eigenvalue weighted by Crippen LogP contribution is 1.94. The Kier molecular flexibility index (Phi) is 5.93. The molecule has 0 aliphatic heterocycles. The second-order valence-electron chi connectivity index (χ2n) is 2.80. The van der Waals surface area contributed by atoms with E-state index in [-0.39, 0.29) is 18.9 Å². The van der Waals surface area contributed by atoms with E-state index in [9.17, 15) is 9.59 Å². The van der Waals surface area contributed by atoms with Gasteiger partial charge in [0.1, 0.15) is 0 Å². The molecule has 0 saturated heterocycles. The van der Waals surface area contributed by atoms with Gasteiger partial charge in [-0.25, -0.2) is 9.79 Å². The van der Waals surface area contributed by atoms with Crippen LogP contribution in [0.25, 0.3) is 0 Å². The molecule has 68 valence electrons. The number of hydrogen-bond donors (Lipinski definition) is 0. The van der Waals surface area contributed by atoms with Crippen molar-refractivity contribution in [1.82, 2.24) is 0 Å². The molecule has 0 aromatic heterocycles. The molecule has 0 N–H and O–H groups in total. The monoisotopic (exact) mass is 171 g/mol. The van der Waals surface area contributed by atoms with Crippen molar-refractivity contribution in [2.45, 2.75) is 20.3 Å². The molecule has 0 fully saturated rings. The van der Waals surface area contributed by atoms with Crippen LogP contribution in [0.4, 0.5) is 0 Å². The van der Waals surface area contributed by atoms with E-state index in [1.807, 2.05) is 13.8 Å². The largest absolute Gasteiger partial charge is 0.465 e. The van der Waals surface area contributed by atoms with E-state index >= 15 is 0 Å². The molecule has 0 unspecified atom stereocenters. The molecular formula is C8H13NO3. The van der Waals surface area contributed by atoms with Crippen molar-refractivity contribution in [2.75, 3.05) is 13.2 Å². The van der Waals surface area contributed by atoms with Crippen LogP contribution in [0, 0.1) is 5.92 Å². The minimum absolute atomic E-state index is 0.155. The van der Waals surface area contributed by atoms with Crippen molar-refractivity contribution in [3.8, 4) is 0 Å². The molecule has 0 radical (unpaired) electrons. The fraction of sp³-hybridized carbons (Fsp3) is 0.750. The van der Waals surface area contributed by atoms with Crippen LogP contribution in [-0.2, 0) is 14.3 Å². The van der Waals surface area contributed by atoms with Gasteiger partial charge in [-0.3, -0.25) is 4.79 Å². The maximum absolute atomic E-state index is 10.8. The van der Waals surface area contributed by atoms with Crippen molar-refractivity contribution < 1.29 is 14.3 Å². The molecule has 0 saturated carbocycles. The van der Waals surface area contributed by atoms with Gasteiger partial charge in [0, 0.05) is 0 Å². The molecule has 0 amide bonds. The number of carbonyl (C=O) groups is 1. The Morgan fingerprint density at radius 3 is 2.75 bits per heavy atom. The van der Waals surface area contributed by atoms with Gasteiger partial charge in [0.2, 0.25) is 6.08 Å². The number of ether oxygens (including phenoxy) is 1. The number of carbonyl (C=O) groups excluding carboxylic acids is 2. The van der Waals surface area contributed by atoms with Crippen LogP contribution in [0.2, 0.25) is 0 Å². The first kappa shape index (κ1) is 10.8. The van der Waals surface area contributed by atoms with E-state index in [1.165, 1.54) is 6.08 Å². The molecular weight excluding hydrogens is 158 g/mol. The van der Waals surface area contributed by atoms with E-state index in [0.29, 0.717) is 12.5 Å². The van der Waals surface area contributed by atoms with Crippen molar-refractivity contribution in [1.29, 1.82) is 0 Å². The summed E-state index contributed by atoms with van der Waals surface area (Å²) < 4.78 is 4.82. The molecule has 0 aliphatic rings. The average molecular weight is 171 g/mol. The number of rotatable bonds is 5. The van der Waals surface area contributed by atoms with Crippen molar-refractivity contribution in [2.24, 2.45) is 10.9 Å². The highest BCUT2D eigenvalue weighted by molar-refractivity contribution is 5.69. The van der Waals surface area contributed by atoms with Crippen LogP contribution >= 0.6 is 0 Å². The molecule has 0 heterocycles. The first-order chi connectivity index (χ1) is 5.66. The Morgan fingerprint density at radius 2 is 2.25 bits per heavy atom. The predicted octanol–water partition coefficient (Wildman–Crippen LogP) is 0.911. The minimum atomic E-state index is -0.317. The maximum Gasteiger partial charge on any atom is 0.307 e. The zero-order valence-electron chi connectivity index (χ0n) is 7.37. The number of isocyanates is 1. The lowest BCUT2D eigenvalue weighted by Gasteiger charge is -2.05. The third kappa shape index (κ3) is 6.96. The Labute approximate surface area is 71.6 Å². The van der Waals surface area contributed by atoms with Crippen molar-refractivity contribution in [3.63, 3.8) is 0 Å². The van der Waals surface area contributed by atoms with Gasteiger partial charge in [-0.05, 0) is 5.92 Å². The zero-order valence-corrected chi connectivity index (χ0v) is 7.37. The van der Waals surface area contributed by atoms with Crippen LogP contribution in [-0.4, -0.2) is 25.2 Å². The lowest BCUT2D eigenvalue weighted by Crippen LogP contribution is -2.10. The molecule has 12 heavy (non-hydrogen) atoms. The van der Waals surface area contributed by atoms with E-state index in [4.69, 9.17) is 4.74 Å². The number of aliphatic imine (C=N–C) groups is 1. The first-order valence-corrected chi connectivity index (χ1v) is 3.86. The second kappa shape index (κ2) is 6.55. The quantitative estimate of drug-likeness (QED) is 0.351. The number of nitrogens with zero attached hydrogens (tertiary/aromatic N) is 1. The van der Waals surface area contributed by atoms with Crippen LogP contribution in [0.5, 0.6) is 0 Å². The summed E-state index contributed by atoms with van der Waals surface area (Å²) in [5.74, 6) is 0.0197. The lowest BCUT2D eigenvalue weighted by atomic mass is 10.2. The third-order valence-electron chi connectivity index (χ3n) is 1.07. The minimum Gasteiger partial charge on any atom is -0.465 e. The smallest absolute Gasteiger partial charge is 0.307 e. The Balaban J connectivity index is 3.40. The first-order valence-electron chi connectivity index (χ1n) is 3.86. The summed E-state index contributed by atoms with van der Waals surface area (Å²) in [6, 6.07) is 0. The SMILES string of the molecule is CC(C)COC(=O)CCN=C=O. The molecule has 0 atom stereocenters. The Morgan fingerprint density at radius 1 is 1.58 bits per heavy atom. The summed E-state index contributed by atoms with van der Waals surface area (Å²) in [7, 11) is 0. The van der Waals surface area contributed by atoms with E-state index < -0.39 is 0 Å². The van der Waals surface area contributed by atoms with Gasteiger partial charge >= 0.3 is 5.97 Å². The highest BCUT2D eigenvalue weighted by Gasteiger charge is 2.02. The summed E-state index contributed by atoms with van der Waals surface area (Å²) in [5, 5.41) is 0. The molecule has 0 aromatic rings. The third-order valence-corrected chi connectivity index (χ3v) is 1.07. The molecule has 0 bridgehead atoms. The molecule has 4 nitrogen and oxygen atoms in total. The van der Waals surface area contributed by atoms with Gasteiger partial charge in [0.15, 0.2) is 0 Å². The van der Waals surface area contributed by atoms with Gasteiger partial charge in [0.05, 0.1) is 19.6 Å². The van der Waals surface area contributed by atoms with Crippen molar-refractivity contribution >= 4 is 12.0 Å². The zero-order chi connectivity index (χ0) is 9.40. The predicted molar refractivity (Wildman–Crippen MR) is 43.4 cm³/mol. The fourth-order valence-corrected chi connectivity index (χ4v) is 0.525. The molecule has 4 heteroatoms. The van der Waals surface area contributed by atoms with Crippen LogP contribution < -0.4 is 0 Å². The molecule has 0 aromatic carbocycles. The Bertz CT molecular complexity index is 183. The van der Waals surface area contributed by atoms with Crippen LogP contribution in [0.1, 0.15) is 20.3 Å². The second-order valence-corrected chi connectivity index (χ2v) is 2.80. The van der Waals surface area contributed by atoms with Gasteiger partial charge in [0.25, 0.3) is 0 Å². The summed E-state index contributed by atoms with van der Waals surface area (Å²) >= 11 is 0. The van der Waals surface area contributed by atoms with Gasteiger partial charge in [-0.1, -0.05) is 13.8 Å². The van der Waals surface area contributed by atoms with Crippen molar-refractivity contribution in [3.05, 3.63) is 0 Å². The van der Waals surface area contributed by atoms with Gasteiger partial charge in [-0.2, -0.15) is 0 Å². The summed E-state index contributed by atoms with van der Waals surface area (Å²) in [6.07, 6.45) is 1.51. The standard InChI is InChI=1S/C8H13NO3/c1-7(2)5-12-8(11)3-4-9-6-10/h7H,3-5H2,1-2H3. The average Bonchev–Trinajstić information content (AvgIpc) is 2.01. The molecule has 0 rings (SSSR count). The van der Waals surface area contributed by atoms with E-state index in [2.05, 4.69) is 4.99 Å². The van der Waals surface area contributed by atoms with Crippen LogP contribution in [0.15, 0.2) is 4.99 Å². The molecule has 0 spiro atoms. The number of esters is 1. The summed E-state index contributed by atoms with van der Waals surface area (Å²) in [6.45, 7) is 4.50. The maximum atomic E-state index is 10.8. The lowest BCUT2D eigenvalue weighted by molar-refractivity contribution is -0.144. The normalized spacial score (nSPS) is 9.25. The van der Waals surface area contributed by atoms with Gasteiger partial charge < -0.3 is 4.74 Å². The summed E-state index contributed by atoms with van der Waals surface area (Å²) in [4.78, 5) is 23.7. The van der Waals surface area contributed by atoms with Crippen LogP contribution in [0.3, 0.4) is 0 Å². The molecule has 0 aliphatic carbocycles. The Hall–Kier alpha value is -1.15. The highest BCUT2D eigenvalue weighted by atomic mass is 16.5. The van der Waals surface area contributed by atoms with Gasteiger partial charge in [-0.15, -0.1) is 0 Å². The van der Waals surface area contributed by atoms with E-state index in [0.717, 1.165) is 0 Å². The fourth-order valence-electron chi connectivity index (χ4n) is 0.525. The van der Waals surface area contributed by atoms with E-state index in [1.54, 1.807) is 0 Å². The summed E-state index contributed by atoms with van der Waals surface area (Å²) in [5.41, 5.74) is 0. The number of hydrogen-bond acceptors (Lipinski definition) is 4.